The van der Waals surface area contributed by atoms with Crippen LogP contribution in [-0.4, -0.2) is 53.8 Å². The number of nitrogens with one attached hydrogen (secondary N) is 1. The molecule has 0 aliphatic heterocycles. The molecule has 0 aliphatic carbocycles. The minimum Gasteiger partial charge on any atom is -0.465 e. The molecule has 154 valence electrons. The van der Waals surface area contributed by atoms with Crippen molar-refractivity contribution >= 4 is 39.2 Å². The van der Waals surface area contributed by atoms with E-state index in [2.05, 4.69) is 10.1 Å². The number of hydrogen-bond acceptors (Lipinski definition) is 7. The Morgan fingerprint density at radius 3 is 2.14 bits per heavy atom. The van der Waals surface area contributed by atoms with Crippen molar-refractivity contribution in [1.82, 2.24) is 0 Å². The van der Waals surface area contributed by atoms with Crippen LogP contribution >= 0.6 is 0 Å². The Bertz CT molecular complexity index is 1060. The third kappa shape index (κ3) is 4.91. The van der Waals surface area contributed by atoms with Crippen molar-refractivity contribution in [2.75, 3.05) is 37.1 Å². The van der Waals surface area contributed by atoms with Gasteiger partial charge in [-0.25, -0.2) is 18.0 Å². The SMILES string of the molecule is COC(=O)c1ccc(C(=O)OC)c(NC(=O)c2ccccc2N(C)S(C)(=O)=O)c1. The average molecular weight is 420 g/mol. The summed E-state index contributed by atoms with van der Waals surface area (Å²) in [6.07, 6.45) is 1.01. The predicted octanol–water partition coefficient (Wildman–Crippen LogP) is 1.91. The number of carbonyl (C=O) groups excluding carboxylic acids is 3. The van der Waals surface area contributed by atoms with Crippen LogP contribution in [0.15, 0.2) is 42.5 Å². The Morgan fingerprint density at radius 2 is 1.55 bits per heavy atom. The van der Waals surface area contributed by atoms with Gasteiger partial charge in [0.25, 0.3) is 5.91 Å². The summed E-state index contributed by atoms with van der Waals surface area (Å²) in [7, 11) is 0.0846. The van der Waals surface area contributed by atoms with Crippen molar-refractivity contribution in [3.8, 4) is 0 Å². The van der Waals surface area contributed by atoms with Crippen molar-refractivity contribution in [3.63, 3.8) is 0 Å². The Kier molecular flexibility index (Phi) is 6.60. The molecule has 2 rings (SSSR count). The van der Waals surface area contributed by atoms with Crippen LogP contribution in [0.4, 0.5) is 11.4 Å². The van der Waals surface area contributed by atoms with Crippen molar-refractivity contribution in [2.45, 2.75) is 0 Å². The Hall–Kier alpha value is -3.40. The third-order valence-corrected chi connectivity index (χ3v) is 5.27. The van der Waals surface area contributed by atoms with Crippen LogP contribution in [0.3, 0.4) is 0 Å². The first-order valence-corrected chi connectivity index (χ1v) is 10.1. The molecule has 1 N–H and O–H groups in total. The normalized spacial score (nSPS) is 10.8. The van der Waals surface area contributed by atoms with E-state index in [1.54, 1.807) is 12.1 Å². The molecule has 9 nitrogen and oxygen atoms in total. The van der Waals surface area contributed by atoms with Crippen LogP contribution in [0.5, 0.6) is 0 Å². The van der Waals surface area contributed by atoms with E-state index in [0.29, 0.717) is 0 Å². The number of rotatable bonds is 6. The van der Waals surface area contributed by atoms with Gasteiger partial charge in [-0.1, -0.05) is 12.1 Å². The molecule has 0 aliphatic rings. The quantitative estimate of drug-likeness (QED) is 0.709. The van der Waals surface area contributed by atoms with Crippen LogP contribution in [0.2, 0.25) is 0 Å². The Balaban J connectivity index is 2.50. The minimum absolute atomic E-state index is 0.0153. The zero-order valence-corrected chi connectivity index (χ0v) is 17.1. The molecule has 2 aromatic carbocycles. The molecule has 10 heteroatoms. The van der Waals surface area contributed by atoms with Crippen molar-refractivity contribution in [1.29, 1.82) is 0 Å². The van der Waals surface area contributed by atoms with Crippen LogP contribution < -0.4 is 9.62 Å². The van der Waals surface area contributed by atoms with E-state index in [-0.39, 0.29) is 28.1 Å². The molecule has 29 heavy (non-hydrogen) atoms. The molecule has 0 radical (unpaired) electrons. The summed E-state index contributed by atoms with van der Waals surface area (Å²) in [5.74, 6) is -2.06. The fourth-order valence-electron chi connectivity index (χ4n) is 2.49. The lowest BCUT2D eigenvalue weighted by Gasteiger charge is -2.20. The zero-order valence-electron chi connectivity index (χ0n) is 16.3. The van der Waals surface area contributed by atoms with Crippen LogP contribution in [0, 0.1) is 0 Å². The lowest BCUT2D eigenvalue weighted by atomic mass is 10.1. The average Bonchev–Trinajstić information content (AvgIpc) is 2.71. The van der Waals surface area contributed by atoms with Crippen LogP contribution in [0.25, 0.3) is 0 Å². The second-order valence-corrected chi connectivity index (χ2v) is 7.96. The van der Waals surface area contributed by atoms with Gasteiger partial charge in [0, 0.05) is 7.05 Å². The lowest BCUT2D eigenvalue weighted by molar-refractivity contribution is 0.0587. The first-order chi connectivity index (χ1) is 13.6. The number of carbonyl (C=O) groups is 3. The fourth-order valence-corrected chi connectivity index (χ4v) is 3.01. The summed E-state index contributed by atoms with van der Waals surface area (Å²) in [5, 5.41) is 2.54. The van der Waals surface area contributed by atoms with E-state index >= 15 is 0 Å². The van der Waals surface area contributed by atoms with E-state index in [1.165, 1.54) is 51.6 Å². The summed E-state index contributed by atoms with van der Waals surface area (Å²) >= 11 is 0. The number of nitrogens with zero attached hydrogens (tertiary/aromatic N) is 1. The summed E-state index contributed by atoms with van der Waals surface area (Å²) in [6, 6.07) is 10.0. The number of anilines is 2. The van der Waals surface area contributed by atoms with Gasteiger partial charge < -0.3 is 14.8 Å². The molecule has 0 spiro atoms. The van der Waals surface area contributed by atoms with Gasteiger partial charge >= 0.3 is 11.9 Å². The second-order valence-electron chi connectivity index (χ2n) is 5.95. The number of hydrogen-bond donors (Lipinski definition) is 1. The van der Waals surface area contributed by atoms with E-state index in [0.717, 1.165) is 10.6 Å². The summed E-state index contributed by atoms with van der Waals surface area (Å²) in [4.78, 5) is 36.7. The summed E-state index contributed by atoms with van der Waals surface area (Å²) < 4.78 is 34.1. The van der Waals surface area contributed by atoms with E-state index in [4.69, 9.17) is 4.74 Å². The highest BCUT2D eigenvalue weighted by Gasteiger charge is 2.22. The third-order valence-electron chi connectivity index (χ3n) is 4.08. The van der Waals surface area contributed by atoms with Gasteiger partial charge in [-0.3, -0.25) is 9.10 Å². The maximum atomic E-state index is 12.9. The highest BCUT2D eigenvalue weighted by molar-refractivity contribution is 7.92. The van der Waals surface area contributed by atoms with Gasteiger partial charge in [-0.2, -0.15) is 0 Å². The number of esters is 2. The number of amides is 1. The van der Waals surface area contributed by atoms with Crippen molar-refractivity contribution < 1.29 is 32.3 Å². The predicted molar refractivity (Wildman–Crippen MR) is 107 cm³/mol. The van der Waals surface area contributed by atoms with Crippen LogP contribution in [-0.2, 0) is 19.5 Å². The molecule has 1 amide bonds. The number of methoxy groups -OCH3 is 2. The molecule has 0 bridgehead atoms. The highest BCUT2D eigenvalue weighted by atomic mass is 32.2. The van der Waals surface area contributed by atoms with Crippen molar-refractivity contribution in [3.05, 3.63) is 59.2 Å². The molecule has 0 unspecified atom stereocenters. The van der Waals surface area contributed by atoms with Gasteiger partial charge in [0.1, 0.15) is 0 Å². The van der Waals surface area contributed by atoms with E-state index < -0.39 is 27.9 Å². The van der Waals surface area contributed by atoms with Crippen LogP contribution in [0.1, 0.15) is 31.1 Å². The van der Waals surface area contributed by atoms with Gasteiger partial charge in [-0.15, -0.1) is 0 Å². The smallest absolute Gasteiger partial charge is 0.339 e. The number of benzene rings is 2. The molecule has 0 saturated heterocycles. The monoisotopic (exact) mass is 420 g/mol. The van der Waals surface area contributed by atoms with Gasteiger partial charge in [-0.05, 0) is 30.3 Å². The first-order valence-electron chi connectivity index (χ1n) is 8.25. The number of para-hydroxylation sites is 1. The van der Waals surface area contributed by atoms with E-state index in [9.17, 15) is 22.8 Å². The second kappa shape index (κ2) is 8.74. The first kappa shape index (κ1) is 21.9. The van der Waals surface area contributed by atoms with Gasteiger partial charge in [0.15, 0.2) is 0 Å². The maximum Gasteiger partial charge on any atom is 0.339 e. The summed E-state index contributed by atoms with van der Waals surface area (Å²) in [5.41, 5.74) is 0.344. The summed E-state index contributed by atoms with van der Waals surface area (Å²) in [6.45, 7) is 0. The molecular formula is C19H20N2O7S. The standard InChI is InChI=1S/C19H20N2O7S/c1-21(29(4,25)26)16-8-6-5-7-14(16)17(22)20-15-11-12(18(23)27-2)9-10-13(15)19(24)28-3/h5-11H,1-4H3,(H,20,22). The van der Waals surface area contributed by atoms with Gasteiger partial charge in [0.05, 0.1) is 48.5 Å². The highest BCUT2D eigenvalue weighted by Crippen LogP contribution is 2.25. The van der Waals surface area contributed by atoms with Gasteiger partial charge in [0.2, 0.25) is 10.0 Å². The molecule has 0 atom stereocenters. The van der Waals surface area contributed by atoms with E-state index in [1.807, 2.05) is 0 Å². The molecule has 0 fully saturated rings. The van der Waals surface area contributed by atoms with Crippen molar-refractivity contribution in [2.24, 2.45) is 0 Å². The molecular weight excluding hydrogens is 400 g/mol. The Morgan fingerprint density at radius 1 is 0.931 bits per heavy atom. The fraction of sp³-hybridized carbons (Fsp3) is 0.211. The maximum absolute atomic E-state index is 12.9. The topological polar surface area (TPSA) is 119 Å². The lowest BCUT2D eigenvalue weighted by Crippen LogP contribution is -2.27. The largest absolute Gasteiger partial charge is 0.465 e. The zero-order chi connectivity index (χ0) is 21.8. The molecule has 2 aromatic rings. The molecule has 0 aromatic heterocycles. The number of sulfonamides is 1. The number of ether oxygens (including phenoxy) is 2. The minimum atomic E-state index is -3.61. The molecule has 0 saturated carbocycles. The molecule has 0 heterocycles. The Labute approximate surface area is 168 Å².